The van der Waals surface area contributed by atoms with Gasteiger partial charge in [0.1, 0.15) is 5.67 Å². The summed E-state index contributed by atoms with van der Waals surface area (Å²) in [5.41, 5.74) is -0.715. The summed E-state index contributed by atoms with van der Waals surface area (Å²) >= 11 is 0. The Hall–Kier alpha value is -0.110. The van der Waals surface area contributed by atoms with Gasteiger partial charge in [0.05, 0.1) is 0 Å². The average Bonchev–Trinajstić information content (AvgIpc) is 2.37. The Labute approximate surface area is 86.7 Å². The van der Waals surface area contributed by atoms with Gasteiger partial charge in [0.15, 0.2) is 0 Å². The average molecular weight is 199 g/mol. The highest BCUT2D eigenvalue weighted by atomic mass is 19.1. The van der Waals surface area contributed by atoms with Crippen molar-refractivity contribution in [3.05, 3.63) is 0 Å². The van der Waals surface area contributed by atoms with Crippen molar-refractivity contribution < 1.29 is 4.39 Å². The minimum Gasteiger partial charge on any atom is -0.294 e. The molecular weight excluding hydrogens is 177 g/mol. The molecule has 0 radical (unpaired) electrons. The van der Waals surface area contributed by atoms with Crippen LogP contribution in [0.15, 0.2) is 0 Å². The van der Waals surface area contributed by atoms with Gasteiger partial charge in [-0.1, -0.05) is 13.8 Å². The molecule has 2 aliphatic rings. The quantitative estimate of drug-likeness (QED) is 0.661. The molecule has 1 nitrogen and oxygen atoms in total. The zero-order chi connectivity index (χ0) is 10.4. The number of hydrogen-bond donors (Lipinski definition) is 0. The molecule has 0 N–H and O–H groups in total. The lowest BCUT2D eigenvalue weighted by atomic mass is 9.82. The third-order valence-corrected chi connectivity index (χ3v) is 3.75. The topological polar surface area (TPSA) is 3.24 Å². The molecule has 0 amide bonds. The Balaban J connectivity index is 2.15. The number of halogens is 1. The minimum atomic E-state index is -0.935. The van der Waals surface area contributed by atoms with Crippen molar-refractivity contribution >= 4 is 0 Å². The van der Waals surface area contributed by atoms with Gasteiger partial charge >= 0.3 is 0 Å². The molecule has 2 rings (SSSR count). The van der Waals surface area contributed by atoms with Crippen LogP contribution in [-0.4, -0.2) is 29.2 Å². The molecule has 2 heterocycles. The van der Waals surface area contributed by atoms with E-state index in [1.807, 2.05) is 0 Å². The summed E-state index contributed by atoms with van der Waals surface area (Å²) in [6.07, 6.45) is 4.41. The molecule has 2 fully saturated rings. The summed E-state index contributed by atoms with van der Waals surface area (Å²) in [5, 5.41) is 0. The van der Waals surface area contributed by atoms with E-state index in [1.165, 1.54) is 19.3 Å². The van der Waals surface area contributed by atoms with Crippen molar-refractivity contribution in [2.45, 2.75) is 57.7 Å². The lowest BCUT2D eigenvalue weighted by Gasteiger charge is -2.33. The lowest BCUT2D eigenvalue weighted by molar-refractivity contribution is 0.163. The van der Waals surface area contributed by atoms with E-state index in [2.05, 4.69) is 18.7 Å². The van der Waals surface area contributed by atoms with Gasteiger partial charge in [-0.25, -0.2) is 4.39 Å². The van der Waals surface area contributed by atoms with Crippen LogP contribution in [0.5, 0.6) is 0 Å². The predicted molar refractivity (Wildman–Crippen MR) is 57.1 cm³/mol. The van der Waals surface area contributed by atoms with Crippen LogP contribution >= 0.6 is 0 Å². The zero-order valence-electron chi connectivity index (χ0n) is 9.65. The van der Waals surface area contributed by atoms with E-state index in [4.69, 9.17) is 0 Å². The number of fused-ring (bicyclic) bond motifs is 1. The first-order valence-corrected chi connectivity index (χ1v) is 5.88. The van der Waals surface area contributed by atoms with Crippen molar-refractivity contribution in [2.24, 2.45) is 5.92 Å². The zero-order valence-corrected chi connectivity index (χ0v) is 9.65. The van der Waals surface area contributed by atoms with Gasteiger partial charge in [-0.05, 0) is 38.6 Å². The Kier molecular flexibility index (Phi) is 2.37. The SMILES string of the molecule is CC(C)CC12CCCN1CC(C)(F)C2. The van der Waals surface area contributed by atoms with E-state index in [9.17, 15) is 4.39 Å². The van der Waals surface area contributed by atoms with E-state index in [0.29, 0.717) is 12.5 Å². The second kappa shape index (κ2) is 3.19. The molecule has 0 bridgehead atoms. The van der Waals surface area contributed by atoms with Crippen LogP contribution < -0.4 is 0 Å². The summed E-state index contributed by atoms with van der Waals surface area (Å²) in [6, 6.07) is 0. The Morgan fingerprint density at radius 1 is 1.43 bits per heavy atom. The third kappa shape index (κ3) is 1.69. The van der Waals surface area contributed by atoms with Gasteiger partial charge in [-0.15, -0.1) is 0 Å². The predicted octanol–water partition coefficient (Wildman–Crippen LogP) is 3.00. The Morgan fingerprint density at radius 3 is 2.79 bits per heavy atom. The smallest absolute Gasteiger partial charge is 0.122 e. The summed E-state index contributed by atoms with van der Waals surface area (Å²) in [5.74, 6) is 0.685. The molecule has 82 valence electrons. The van der Waals surface area contributed by atoms with Crippen LogP contribution in [0.4, 0.5) is 4.39 Å². The molecule has 14 heavy (non-hydrogen) atoms. The minimum absolute atomic E-state index is 0.220. The van der Waals surface area contributed by atoms with E-state index < -0.39 is 5.67 Å². The highest BCUT2D eigenvalue weighted by molar-refractivity contribution is 5.08. The van der Waals surface area contributed by atoms with E-state index >= 15 is 0 Å². The van der Waals surface area contributed by atoms with Gasteiger partial charge in [0, 0.05) is 18.5 Å². The van der Waals surface area contributed by atoms with Crippen LogP contribution in [-0.2, 0) is 0 Å². The molecular formula is C12H22FN. The molecule has 2 heteroatoms. The lowest BCUT2D eigenvalue weighted by Crippen LogP contribution is -2.39. The van der Waals surface area contributed by atoms with E-state index in [1.54, 1.807) is 6.92 Å². The highest BCUT2D eigenvalue weighted by Gasteiger charge is 2.53. The maximum atomic E-state index is 14.0. The van der Waals surface area contributed by atoms with Crippen LogP contribution in [0.3, 0.4) is 0 Å². The maximum absolute atomic E-state index is 14.0. The fraction of sp³-hybridized carbons (Fsp3) is 1.00. The molecule has 0 saturated carbocycles. The summed E-state index contributed by atoms with van der Waals surface area (Å²) in [7, 11) is 0. The van der Waals surface area contributed by atoms with Gasteiger partial charge in [0.25, 0.3) is 0 Å². The highest BCUT2D eigenvalue weighted by Crippen LogP contribution is 2.48. The number of alkyl halides is 1. The van der Waals surface area contributed by atoms with Gasteiger partial charge in [-0.2, -0.15) is 0 Å². The molecule has 2 atom stereocenters. The first-order chi connectivity index (χ1) is 6.44. The first kappa shape index (κ1) is 10.4. The van der Waals surface area contributed by atoms with Crippen LogP contribution in [0.25, 0.3) is 0 Å². The normalized spacial score (nSPS) is 43.5. The van der Waals surface area contributed by atoms with Crippen molar-refractivity contribution in [2.75, 3.05) is 13.1 Å². The summed E-state index contributed by atoms with van der Waals surface area (Å²) < 4.78 is 14.0. The van der Waals surface area contributed by atoms with E-state index in [-0.39, 0.29) is 5.54 Å². The molecule has 2 unspecified atom stereocenters. The largest absolute Gasteiger partial charge is 0.294 e. The summed E-state index contributed by atoms with van der Waals surface area (Å²) in [6.45, 7) is 8.05. The number of nitrogens with zero attached hydrogens (tertiary/aromatic N) is 1. The molecule has 2 aliphatic heterocycles. The molecule has 0 aromatic rings. The fourth-order valence-electron chi connectivity index (χ4n) is 3.64. The Morgan fingerprint density at radius 2 is 2.14 bits per heavy atom. The van der Waals surface area contributed by atoms with Gasteiger partial charge < -0.3 is 0 Å². The number of rotatable bonds is 2. The molecule has 0 spiro atoms. The molecule has 0 aromatic carbocycles. The summed E-state index contributed by atoms with van der Waals surface area (Å²) in [4.78, 5) is 2.41. The standard InChI is InChI=1S/C12H22FN/c1-10(2)7-12-5-4-6-14(12)9-11(3,13)8-12/h10H,4-9H2,1-3H3. The second-order valence-electron chi connectivity index (χ2n) is 5.94. The van der Waals surface area contributed by atoms with Crippen molar-refractivity contribution in [3.8, 4) is 0 Å². The van der Waals surface area contributed by atoms with E-state index in [0.717, 1.165) is 13.0 Å². The maximum Gasteiger partial charge on any atom is 0.122 e. The monoisotopic (exact) mass is 199 g/mol. The van der Waals surface area contributed by atoms with Crippen LogP contribution in [0.1, 0.15) is 46.5 Å². The van der Waals surface area contributed by atoms with Gasteiger partial charge in [0.2, 0.25) is 0 Å². The third-order valence-electron chi connectivity index (χ3n) is 3.75. The molecule has 0 aromatic heterocycles. The van der Waals surface area contributed by atoms with Crippen molar-refractivity contribution in [3.63, 3.8) is 0 Å². The van der Waals surface area contributed by atoms with Gasteiger partial charge in [-0.3, -0.25) is 4.90 Å². The molecule has 2 saturated heterocycles. The van der Waals surface area contributed by atoms with Crippen molar-refractivity contribution in [1.82, 2.24) is 4.90 Å². The van der Waals surface area contributed by atoms with Crippen molar-refractivity contribution in [1.29, 1.82) is 0 Å². The number of hydrogen-bond acceptors (Lipinski definition) is 1. The van der Waals surface area contributed by atoms with Crippen LogP contribution in [0, 0.1) is 5.92 Å². The fourth-order valence-corrected chi connectivity index (χ4v) is 3.64. The first-order valence-electron chi connectivity index (χ1n) is 5.88. The Bertz CT molecular complexity index is 224. The second-order valence-corrected chi connectivity index (χ2v) is 5.94. The van der Waals surface area contributed by atoms with Crippen LogP contribution in [0.2, 0.25) is 0 Å². The molecule has 0 aliphatic carbocycles.